The van der Waals surface area contributed by atoms with Crippen molar-refractivity contribution in [2.75, 3.05) is 0 Å². The third-order valence-electron chi connectivity index (χ3n) is 4.07. The minimum absolute atomic E-state index is 0.162. The Morgan fingerprint density at radius 1 is 1.04 bits per heavy atom. The van der Waals surface area contributed by atoms with Gasteiger partial charge in [0.15, 0.2) is 0 Å². The van der Waals surface area contributed by atoms with E-state index in [-0.39, 0.29) is 12.1 Å². The summed E-state index contributed by atoms with van der Waals surface area (Å²) in [4.78, 5) is 16.4. The average Bonchev–Trinajstić information content (AvgIpc) is 3.16. The first-order valence-corrected chi connectivity index (χ1v) is 8.55. The maximum absolute atomic E-state index is 12.3. The first-order valence-electron chi connectivity index (χ1n) is 8.55. The molecule has 3 rings (SSSR count). The molecule has 1 aromatic heterocycles. The molecule has 0 aliphatic heterocycles. The van der Waals surface area contributed by atoms with Gasteiger partial charge in [-0.25, -0.2) is 4.98 Å². The lowest BCUT2D eigenvalue weighted by Gasteiger charge is -2.19. The van der Waals surface area contributed by atoms with Crippen molar-refractivity contribution in [2.45, 2.75) is 31.9 Å². The Hall–Kier alpha value is -2.88. The van der Waals surface area contributed by atoms with Crippen LogP contribution in [0.3, 0.4) is 0 Å². The molecule has 25 heavy (non-hydrogen) atoms. The number of aryl methyl sites for hydroxylation is 1. The summed E-state index contributed by atoms with van der Waals surface area (Å²) in [6.45, 7) is 0.564. The molecule has 0 N–H and O–H groups in total. The van der Waals surface area contributed by atoms with E-state index < -0.39 is 0 Å². The highest BCUT2D eigenvalue weighted by Gasteiger charge is 2.17. The van der Waals surface area contributed by atoms with Crippen LogP contribution < -0.4 is 0 Å². The summed E-state index contributed by atoms with van der Waals surface area (Å²) in [6, 6.07) is 20.0. The van der Waals surface area contributed by atoms with E-state index in [2.05, 4.69) is 17.1 Å². The van der Waals surface area contributed by atoms with Crippen LogP contribution in [0.1, 0.15) is 30.1 Å². The summed E-state index contributed by atoms with van der Waals surface area (Å²) >= 11 is 0. The van der Waals surface area contributed by atoms with E-state index >= 15 is 0 Å². The predicted octanol–water partition coefficient (Wildman–Crippen LogP) is 4.19. The second-order valence-electron chi connectivity index (χ2n) is 5.99. The maximum atomic E-state index is 12.3. The molecule has 0 aliphatic carbocycles. The minimum Gasteiger partial charge on any atom is -0.456 e. The molecule has 0 spiro atoms. The van der Waals surface area contributed by atoms with Crippen molar-refractivity contribution in [1.82, 2.24) is 9.55 Å². The molecular formula is C21H22N2O2. The van der Waals surface area contributed by atoms with Crippen molar-refractivity contribution in [3.63, 3.8) is 0 Å². The van der Waals surface area contributed by atoms with Gasteiger partial charge >= 0.3 is 5.97 Å². The van der Waals surface area contributed by atoms with Gasteiger partial charge in [-0.2, -0.15) is 0 Å². The molecule has 0 saturated heterocycles. The Balaban J connectivity index is 1.56. The molecule has 2 aromatic carbocycles. The molecule has 0 radical (unpaired) electrons. The standard InChI is InChI=1S/C21H22N2O2/c24-21(13-7-10-18-8-3-1-4-9-18)25-20(16-23-15-14-22-17-23)19-11-5-2-6-12-19/h1-6,8-9,11-12,14-15,17,20H,7,10,13,16H2. The Kier molecular flexibility index (Phi) is 5.99. The van der Waals surface area contributed by atoms with Crippen LogP contribution in [0.25, 0.3) is 0 Å². The summed E-state index contributed by atoms with van der Waals surface area (Å²) in [5.41, 5.74) is 2.24. The molecule has 1 heterocycles. The summed E-state index contributed by atoms with van der Waals surface area (Å²) in [5, 5.41) is 0. The summed E-state index contributed by atoms with van der Waals surface area (Å²) in [7, 11) is 0. The lowest BCUT2D eigenvalue weighted by Crippen LogP contribution is -2.16. The van der Waals surface area contributed by atoms with Crippen molar-refractivity contribution in [3.05, 3.63) is 90.5 Å². The van der Waals surface area contributed by atoms with Crippen LogP contribution in [-0.4, -0.2) is 15.5 Å². The molecule has 4 nitrogen and oxygen atoms in total. The molecule has 0 amide bonds. The number of imidazole rings is 1. The zero-order valence-corrected chi connectivity index (χ0v) is 14.1. The van der Waals surface area contributed by atoms with Gasteiger partial charge in [-0.15, -0.1) is 0 Å². The van der Waals surface area contributed by atoms with Crippen molar-refractivity contribution < 1.29 is 9.53 Å². The molecule has 0 aliphatic rings. The molecule has 3 aromatic rings. The molecule has 0 fully saturated rings. The zero-order valence-electron chi connectivity index (χ0n) is 14.1. The Morgan fingerprint density at radius 3 is 2.44 bits per heavy atom. The topological polar surface area (TPSA) is 44.1 Å². The number of carbonyl (C=O) groups is 1. The lowest BCUT2D eigenvalue weighted by molar-refractivity contribution is -0.150. The number of aromatic nitrogens is 2. The molecule has 1 unspecified atom stereocenters. The van der Waals surface area contributed by atoms with Gasteiger partial charge in [0.1, 0.15) is 6.10 Å². The molecule has 128 valence electrons. The third-order valence-corrected chi connectivity index (χ3v) is 4.07. The Labute approximate surface area is 148 Å². The van der Waals surface area contributed by atoms with E-state index in [0.29, 0.717) is 13.0 Å². The van der Waals surface area contributed by atoms with Gasteiger partial charge in [-0.1, -0.05) is 60.7 Å². The van der Waals surface area contributed by atoms with Crippen LogP contribution in [0.4, 0.5) is 0 Å². The largest absolute Gasteiger partial charge is 0.456 e. The quantitative estimate of drug-likeness (QED) is 0.580. The van der Waals surface area contributed by atoms with E-state index in [0.717, 1.165) is 18.4 Å². The van der Waals surface area contributed by atoms with Gasteiger partial charge < -0.3 is 9.30 Å². The van der Waals surface area contributed by atoms with Crippen molar-refractivity contribution in [3.8, 4) is 0 Å². The number of nitrogens with zero attached hydrogens (tertiary/aromatic N) is 2. The number of benzene rings is 2. The van der Waals surface area contributed by atoms with Crippen LogP contribution >= 0.6 is 0 Å². The van der Waals surface area contributed by atoms with Crippen LogP contribution in [0.5, 0.6) is 0 Å². The highest BCUT2D eigenvalue weighted by atomic mass is 16.5. The normalized spacial score (nSPS) is 11.8. The summed E-state index contributed by atoms with van der Waals surface area (Å²) in [5.74, 6) is -0.162. The highest BCUT2D eigenvalue weighted by Crippen LogP contribution is 2.20. The van der Waals surface area contributed by atoms with Crippen LogP contribution in [0.15, 0.2) is 79.4 Å². The van der Waals surface area contributed by atoms with Crippen LogP contribution in [-0.2, 0) is 22.5 Å². The number of rotatable bonds is 8. The van der Waals surface area contributed by atoms with Gasteiger partial charge in [0.25, 0.3) is 0 Å². The molecule has 1 atom stereocenters. The molecule has 0 bridgehead atoms. The lowest BCUT2D eigenvalue weighted by atomic mass is 10.1. The van der Waals surface area contributed by atoms with Crippen molar-refractivity contribution in [2.24, 2.45) is 0 Å². The van der Waals surface area contributed by atoms with Crippen LogP contribution in [0.2, 0.25) is 0 Å². The van der Waals surface area contributed by atoms with Gasteiger partial charge in [0.2, 0.25) is 0 Å². The monoisotopic (exact) mass is 334 g/mol. The minimum atomic E-state index is -0.306. The smallest absolute Gasteiger partial charge is 0.306 e. The van der Waals surface area contributed by atoms with E-state index in [1.54, 1.807) is 12.5 Å². The fraction of sp³-hybridized carbons (Fsp3) is 0.238. The number of carbonyl (C=O) groups excluding carboxylic acids is 1. The highest BCUT2D eigenvalue weighted by molar-refractivity contribution is 5.69. The van der Waals surface area contributed by atoms with Gasteiger partial charge in [-0.05, 0) is 24.0 Å². The van der Waals surface area contributed by atoms with E-state index in [1.807, 2.05) is 59.3 Å². The van der Waals surface area contributed by atoms with E-state index in [1.165, 1.54) is 5.56 Å². The number of ether oxygens (including phenoxy) is 1. The number of hydrogen-bond donors (Lipinski definition) is 0. The van der Waals surface area contributed by atoms with Crippen molar-refractivity contribution in [1.29, 1.82) is 0 Å². The predicted molar refractivity (Wildman–Crippen MR) is 96.9 cm³/mol. The Bertz CT molecular complexity index is 755. The molecule has 4 heteroatoms. The average molecular weight is 334 g/mol. The number of hydrogen-bond acceptors (Lipinski definition) is 3. The first-order chi connectivity index (χ1) is 12.3. The summed E-state index contributed by atoms with van der Waals surface area (Å²) in [6.07, 6.45) is 7.12. The fourth-order valence-electron chi connectivity index (χ4n) is 2.76. The maximum Gasteiger partial charge on any atom is 0.306 e. The Morgan fingerprint density at radius 2 is 1.76 bits per heavy atom. The summed E-state index contributed by atoms with van der Waals surface area (Å²) < 4.78 is 7.69. The van der Waals surface area contributed by atoms with Gasteiger partial charge in [0, 0.05) is 18.8 Å². The zero-order chi connectivity index (χ0) is 17.3. The van der Waals surface area contributed by atoms with Crippen LogP contribution in [0, 0.1) is 0 Å². The SMILES string of the molecule is O=C(CCCc1ccccc1)OC(Cn1ccnc1)c1ccccc1. The number of esters is 1. The second kappa shape index (κ2) is 8.83. The van der Waals surface area contributed by atoms with Crippen molar-refractivity contribution >= 4 is 5.97 Å². The van der Waals surface area contributed by atoms with Gasteiger partial charge in [0.05, 0.1) is 12.9 Å². The van der Waals surface area contributed by atoms with E-state index in [9.17, 15) is 4.79 Å². The second-order valence-corrected chi connectivity index (χ2v) is 5.99. The third kappa shape index (κ3) is 5.31. The molecule has 0 saturated carbocycles. The molecular weight excluding hydrogens is 312 g/mol. The van der Waals surface area contributed by atoms with Gasteiger partial charge in [-0.3, -0.25) is 4.79 Å². The first kappa shape index (κ1) is 17.0. The fourth-order valence-corrected chi connectivity index (χ4v) is 2.76. The van der Waals surface area contributed by atoms with E-state index in [4.69, 9.17) is 4.74 Å².